The zero-order valence-electron chi connectivity index (χ0n) is 12.3. The van der Waals surface area contributed by atoms with Gasteiger partial charge in [-0.25, -0.2) is 13.4 Å². The number of hydrogen-bond donors (Lipinski definition) is 1. The number of aromatic nitrogens is 1. The lowest BCUT2D eigenvalue weighted by atomic mass is 9.94. The van der Waals surface area contributed by atoms with E-state index < -0.39 is 10.0 Å². The van der Waals surface area contributed by atoms with E-state index in [0.717, 1.165) is 12.0 Å². The second kappa shape index (κ2) is 6.20. The van der Waals surface area contributed by atoms with Crippen LogP contribution in [-0.4, -0.2) is 37.8 Å². The van der Waals surface area contributed by atoms with Crippen molar-refractivity contribution in [1.82, 2.24) is 14.6 Å². The van der Waals surface area contributed by atoms with Crippen molar-refractivity contribution in [3.05, 3.63) is 23.9 Å². The molecule has 0 spiro atoms. The Morgan fingerprint density at radius 1 is 1.30 bits per heavy atom. The summed E-state index contributed by atoms with van der Waals surface area (Å²) in [6, 6.07) is 3.42. The van der Waals surface area contributed by atoms with Gasteiger partial charge in [-0.05, 0) is 36.9 Å². The summed E-state index contributed by atoms with van der Waals surface area (Å²) in [4.78, 5) is 4.12. The average Bonchev–Trinajstić information content (AvgIpc) is 2.38. The van der Waals surface area contributed by atoms with Crippen molar-refractivity contribution in [2.24, 2.45) is 11.8 Å². The average molecular weight is 297 g/mol. The fraction of sp³-hybridized carbons (Fsp3) is 0.643. The van der Waals surface area contributed by atoms with E-state index in [2.05, 4.69) is 24.1 Å². The monoisotopic (exact) mass is 297 g/mol. The third kappa shape index (κ3) is 3.37. The molecule has 1 aliphatic rings. The molecule has 1 aromatic heterocycles. The maximum Gasteiger partial charge on any atom is 0.260 e. The Labute approximate surface area is 121 Å². The van der Waals surface area contributed by atoms with Crippen LogP contribution in [0.15, 0.2) is 23.4 Å². The highest BCUT2D eigenvalue weighted by Gasteiger charge is 2.32. The molecule has 1 N–H and O–H groups in total. The molecule has 1 aliphatic heterocycles. The van der Waals surface area contributed by atoms with Gasteiger partial charge in [0, 0.05) is 25.8 Å². The number of nitrogens with one attached hydrogen (secondary N) is 1. The molecule has 2 heterocycles. The molecule has 0 aliphatic carbocycles. The smallest absolute Gasteiger partial charge is 0.260 e. The standard InChI is InChI=1S/C14H23N3O2S/c1-11-6-12(2)10-17(9-11)20(18,19)14-5-4-13(7-15-3)8-16-14/h4-5,8,11-12,15H,6-7,9-10H2,1-3H3. The van der Waals surface area contributed by atoms with Gasteiger partial charge in [0.1, 0.15) is 0 Å². The Kier molecular flexibility index (Phi) is 4.78. The largest absolute Gasteiger partial charge is 0.316 e. The van der Waals surface area contributed by atoms with Crippen LogP contribution < -0.4 is 5.32 Å². The number of pyridine rings is 1. The van der Waals surface area contributed by atoms with Crippen molar-refractivity contribution in [1.29, 1.82) is 0 Å². The van der Waals surface area contributed by atoms with E-state index >= 15 is 0 Å². The van der Waals surface area contributed by atoms with Gasteiger partial charge >= 0.3 is 0 Å². The maximum absolute atomic E-state index is 12.6. The number of hydrogen-bond acceptors (Lipinski definition) is 4. The Bertz CT molecular complexity index is 532. The van der Waals surface area contributed by atoms with E-state index in [1.54, 1.807) is 16.6 Å². The van der Waals surface area contributed by atoms with Crippen LogP contribution in [0.1, 0.15) is 25.8 Å². The van der Waals surface area contributed by atoms with Gasteiger partial charge in [0.25, 0.3) is 10.0 Å². The molecule has 20 heavy (non-hydrogen) atoms. The van der Waals surface area contributed by atoms with Crippen molar-refractivity contribution in [3.8, 4) is 0 Å². The van der Waals surface area contributed by atoms with Crippen molar-refractivity contribution in [2.45, 2.75) is 31.8 Å². The van der Waals surface area contributed by atoms with Crippen LogP contribution in [0.3, 0.4) is 0 Å². The summed E-state index contributed by atoms with van der Waals surface area (Å²) in [7, 11) is -1.61. The molecular weight excluding hydrogens is 274 g/mol. The summed E-state index contributed by atoms with van der Waals surface area (Å²) in [6.07, 6.45) is 2.71. The molecule has 2 rings (SSSR count). The first-order valence-electron chi connectivity index (χ1n) is 7.03. The summed E-state index contributed by atoms with van der Waals surface area (Å²) in [5.74, 6) is 0.800. The Morgan fingerprint density at radius 2 is 1.95 bits per heavy atom. The van der Waals surface area contributed by atoms with Crippen molar-refractivity contribution >= 4 is 10.0 Å². The second-order valence-corrected chi connectivity index (χ2v) is 7.69. The highest BCUT2D eigenvalue weighted by molar-refractivity contribution is 7.89. The van der Waals surface area contributed by atoms with Gasteiger partial charge in [-0.2, -0.15) is 4.31 Å². The van der Waals surface area contributed by atoms with E-state index in [0.29, 0.717) is 31.5 Å². The van der Waals surface area contributed by atoms with Crippen LogP contribution in [0.25, 0.3) is 0 Å². The Morgan fingerprint density at radius 3 is 2.45 bits per heavy atom. The minimum Gasteiger partial charge on any atom is -0.316 e. The predicted octanol–water partition coefficient (Wildman–Crippen LogP) is 1.47. The van der Waals surface area contributed by atoms with E-state index in [1.807, 2.05) is 13.1 Å². The molecule has 0 amide bonds. The van der Waals surface area contributed by atoms with Crippen LogP contribution in [0.2, 0.25) is 0 Å². The fourth-order valence-corrected chi connectivity index (χ4v) is 4.40. The third-order valence-corrected chi connectivity index (χ3v) is 5.37. The van der Waals surface area contributed by atoms with Gasteiger partial charge in [0.05, 0.1) is 0 Å². The minimum absolute atomic E-state index is 0.152. The molecule has 1 saturated heterocycles. The summed E-state index contributed by atoms with van der Waals surface area (Å²) in [5.41, 5.74) is 0.979. The summed E-state index contributed by atoms with van der Waals surface area (Å²) in [5, 5.41) is 3.17. The Hall–Kier alpha value is -0.980. The quantitative estimate of drug-likeness (QED) is 0.914. The van der Waals surface area contributed by atoms with E-state index in [1.165, 1.54) is 0 Å². The van der Waals surface area contributed by atoms with E-state index in [9.17, 15) is 8.42 Å². The molecule has 0 aromatic carbocycles. The highest BCUT2D eigenvalue weighted by atomic mass is 32.2. The van der Waals surface area contributed by atoms with Crippen molar-refractivity contribution < 1.29 is 8.42 Å². The van der Waals surface area contributed by atoms with Gasteiger partial charge < -0.3 is 5.32 Å². The maximum atomic E-state index is 12.6. The summed E-state index contributed by atoms with van der Waals surface area (Å²) in [6.45, 7) is 6.06. The predicted molar refractivity (Wildman–Crippen MR) is 78.7 cm³/mol. The minimum atomic E-state index is -3.46. The normalized spacial score (nSPS) is 24.8. The van der Waals surface area contributed by atoms with Gasteiger partial charge in [-0.3, -0.25) is 0 Å². The van der Waals surface area contributed by atoms with Crippen molar-refractivity contribution in [2.75, 3.05) is 20.1 Å². The molecule has 2 atom stereocenters. The zero-order valence-corrected chi connectivity index (χ0v) is 13.2. The fourth-order valence-electron chi connectivity index (χ4n) is 2.81. The zero-order chi connectivity index (χ0) is 14.8. The number of nitrogens with zero attached hydrogens (tertiary/aromatic N) is 2. The molecular formula is C14H23N3O2S. The summed E-state index contributed by atoms with van der Waals surface area (Å²) >= 11 is 0. The number of piperidine rings is 1. The molecule has 5 nitrogen and oxygen atoms in total. The van der Waals surface area contributed by atoms with Crippen molar-refractivity contribution in [3.63, 3.8) is 0 Å². The SMILES string of the molecule is CNCc1ccc(S(=O)(=O)N2CC(C)CC(C)C2)nc1. The molecule has 1 fully saturated rings. The second-order valence-electron chi connectivity index (χ2n) is 5.80. The first kappa shape index (κ1) is 15.4. The van der Waals surface area contributed by atoms with E-state index in [4.69, 9.17) is 0 Å². The van der Waals surface area contributed by atoms with Crippen LogP contribution in [0.4, 0.5) is 0 Å². The van der Waals surface area contributed by atoms with Gasteiger partial charge in [-0.15, -0.1) is 0 Å². The first-order chi connectivity index (χ1) is 9.43. The van der Waals surface area contributed by atoms with Crippen LogP contribution >= 0.6 is 0 Å². The van der Waals surface area contributed by atoms with Gasteiger partial charge in [0.2, 0.25) is 0 Å². The van der Waals surface area contributed by atoms with Crippen LogP contribution in [0, 0.1) is 11.8 Å². The molecule has 0 radical (unpaired) electrons. The lowest BCUT2D eigenvalue weighted by Gasteiger charge is -2.33. The summed E-state index contributed by atoms with van der Waals surface area (Å²) < 4.78 is 26.8. The van der Waals surface area contributed by atoms with Crippen LogP contribution in [-0.2, 0) is 16.6 Å². The van der Waals surface area contributed by atoms with Crippen LogP contribution in [0.5, 0.6) is 0 Å². The number of sulfonamides is 1. The molecule has 2 unspecified atom stereocenters. The Balaban J connectivity index is 2.21. The third-order valence-electron chi connectivity index (χ3n) is 3.62. The highest BCUT2D eigenvalue weighted by Crippen LogP contribution is 2.25. The molecule has 6 heteroatoms. The molecule has 112 valence electrons. The van der Waals surface area contributed by atoms with Gasteiger partial charge in [-0.1, -0.05) is 19.9 Å². The molecule has 1 aromatic rings. The van der Waals surface area contributed by atoms with Gasteiger partial charge in [0.15, 0.2) is 5.03 Å². The first-order valence-corrected chi connectivity index (χ1v) is 8.47. The lowest BCUT2D eigenvalue weighted by molar-refractivity contribution is 0.222. The molecule has 0 bridgehead atoms. The molecule has 0 saturated carbocycles. The topological polar surface area (TPSA) is 62.3 Å². The lowest BCUT2D eigenvalue weighted by Crippen LogP contribution is -2.42. The number of rotatable bonds is 4. The van der Waals surface area contributed by atoms with E-state index in [-0.39, 0.29) is 5.03 Å².